The molecule has 0 bridgehead atoms. The van der Waals surface area contributed by atoms with Crippen LogP contribution in [0.15, 0.2) is 30.3 Å². The van der Waals surface area contributed by atoms with E-state index < -0.39 is 0 Å². The van der Waals surface area contributed by atoms with Gasteiger partial charge in [0.2, 0.25) is 0 Å². The molecule has 0 saturated heterocycles. The van der Waals surface area contributed by atoms with E-state index in [1.807, 2.05) is 25.1 Å². The van der Waals surface area contributed by atoms with Crippen LogP contribution < -0.4 is 5.73 Å². The van der Waals surface area contributed by atoms with E-state index in [9.17, 15) is 4.79 Å². The van der Waals surface area contributed by atoms with Crippen LogP contribution in [0.4, 0.5) is 5.82 Å². The average molecular weight is 241 g/mol. The molecule has 0 atom stereocenters. The van der Waals surface area contributed by atoms with Crippen molar-refractivity contribution in [2.45, 2.75) is 6.92 Å². The second-order valence-electron chi connectivity index (χ2n) is 4.06. The number of carbonyl (C=O) groups excluding carboxylic acids is 1. The van der Waals surface area contributed by atoms with E-state index in [4.69, 9.17) is 5.73 Å². The smallest absolute Gasteiger partial charge is 0.299 e. The Bertz CT molecular complexity index is 740. The first-order valence-electron chi connectivity index (χ1n) is 5.47. The molecular formula is C12H11N5O. The number of anilines is 1. The van der Waals surface area contributed by atoms with Crippen LogP contribution in [0.25, 0.3) is 10.9 Å². The molecule has 0 amide bonds. The van der Waals surface area contributed by atoms with E-state index in [0.29, 0.717) is 17.0 Å². The van der Waals surface area contributed by atoms with Crippen molar-refractivity contribution >= 4 is 22.6 Å². The van der Waals surface area contributed by atoms with Gasteiger partial charge >= 0.3 is 0 Å². The summed E-state index contributed by atoms with van der Waals surface area (Å²) in [6, 6.07) is 9.00. The average Bonchev–Trinajstić information content (AvgIpc) is 2.94. The zero-order valence-corrected chi connectivity index (χ0v) is 9.71. The Morgan fingerprint density at radius 1 is 1.39 bits per heavy atom. The van der Waals surface area contributed by atoms with Crippen molar-refractivity contribution in [2.24, 2.45) is 0 Å². The van der Waals surface area contributed by atoms with Crippen molar-refractivity contribution < 1.29 is 4.79 Å². The second-order valence-corrected chi connectivity index (χ2v) is 4.06. The predicted molar refractivity (Wildman–Crippen MR) is 67.2 cm³/mol. The second kappa shape index (κ2) is 3.69. The molecule has 0 saturated carbocycles. The van der Waals surface area contributed by atoms with Gasteiger partial charge < -0.3 is 5.73 Å². The number of nitrogens with one attached hydrogen (secondary N) is 1. The summed E-state index contributed by atoms with van der Waals surface area (Å²) in [5, 5.41) is 11.5. The topological polar surface area (TPSA) is 89.6 Å². The quantitative estimate of drug-likeness (QED) is 0.672. The molecule has 0 fully saturated rings. The van der Waals surface area contributed by atoms with Crippen molar-refractivity contribution in [3.63, 3.8) is 0 Å². The van der Waals surface area contributed by atoms with Gasteiger partial charge in [-0.1, -0.05) is 12.1 Å². The van der Waals surface area contributed by atoms with Crippen molar-refractivity contribution in [1.29, 1.82) is 0 Å². The zero-order chi connectivity index (χ0) is 12.7. The molecule has 0 unspecified atom stereocenters. The van der Waals surface area contributed by atoms with Crippen LogP contribution in [-0.4, -0.2) is 25.9 Å². The molecule has 0 aliphatic rings. The largest absolute Gasteiger partial charge is 0.382 e. The standard InChI is InChI=1S/C12H11N5O/c1-7-6-9(15-14-7)12(18)17-10-5-3-2-4-8(10)11(13)16-17/h2-6H,1H3,(H2,13,16)(H,14,15). The van der Waals surface area contributed by atoms with Crippen LogP contribution in [-0.2, 0) is 0 Å². The van der Waals surface area contributed by atoms with Gasteiger partial charge in [-0.05, 0) is 25.1 Å². The summed E-state index contributed by atoms with van der Waals surface area (Å²) in [7, 11) is 0. The number of nitrogens with zero attached hydrogens (tertiary/aromatic N) is 3. The number of hydrogen-bond acceptors (Lipinski definition) is 4. The molecule has 2 heterocycles. The van der Waals surface area contributed by atoms with Crippen LogP contribution in [0.5, 0.6) is 0 Å². The summed E-state index contributed by atoms with van der Waals surface area (Å²) >= 11 is 0. The van der Waals surface area contributed by atoms with Crippen LogP contribution >= 0.6 is 0 Å². The maximum atomic E-state index is 12.2. The fourth-order valence-electron chi connectivity index (χ4n) is 1.88. The summed E-state index contributed by atoms with van der Waals surface area (Å²) in [5.74, 6) is 0.0402. The van der Waals surface area contributed by atoms with E-state index in [1.165, 1.54) is 4.68 Å². The van der Waals surface area contributed by atoms with E-state index >= 15 is 0 Å². The molecular weight excluding hydrogens is 230 g/mol. The molecule has 0 aliphatic heterocycles. The van der Waals surface area contributed by atoms with Crippen molar-refractivity contribution in [3.05, 3.63) is 41.7 Å². The van der Waals surface area contributed by atoms with Gasteiger partial charge in [0.1, 0.15) is 0 Å². The fraction of sp³-hybridized carbons (Fsp3) is 0.0833. The van der Waals surface area contributed by atoms with Gasteiger partial charge in [0, 0.05) is 11.1 Å². The first-order chi connectivity index (χ1) is 8.66. The maximum absolute atomic E-state index is 12.2. The predicted octanol–water partition coefficient (Wildman–Crippen LogP) is 1.34. The lowest BCUT2D eigenvalue weighted by atomic mass is 10.2. The minimum atomic E-state index is -0.299. The Morgan fingerprint density at radius 3 is 2.89 bits per heavy atom. The lowest BCUT2D eigenvalue weighted by molar-refractivity contribution is 0.0946. The molecule has 3 aromatic rings. The molecule has 0 radical (unpaired) electrons. The number of para-hydroxylation sites is 1. The number of aromatic amines is 1. The van der Waals surface area contributed by atoms with Crippen LogP contribution in [0.2, 0.25) is 0 Å². The number of aryl methyl sites for hydroxylation is 1. The summed E-state index contributed by atoms with van der Waals surface area (Å²) in [5.41, 5.74) is 7.61. The van der Waals surface area contributed by atoms with Crippen LogP contribution in [0, 0.1) is 6.92 Å². The molecule has 2 aromatic heterocycles. The lowest BCUT2D eigenvalue weighted by Crippen LogP contribution is -2.14. The number of nitrogen functional groups attached to an aromatic ring is 1. The van der Waals surface area contributed by atoms with E-state index in [0.717, 1.165) is 11.1 Å². The van der Waals surface area contributed by atoms with Gasteiger partial charge in [0.15, 0.2) is 11.5 Å². The summed E-state index contributed by atoms with van der Waals surface area (Å²) < 4.78 is 1.28. The van der Waals surface area contributed by atoms with Crippen molar-refractivity contribution in [2.75, 3.05) is 5.73 Å². The molecule has 0 aliphatic carbocycles. The van der Waals surface area contributed by atoms with E-state index in [1.54, 1.807) is 12.1 Å². The van der Waals surface area contributed by atoms with Crippen molar-refractivity contribution in [1.82, 2.24) is 20.0 Å². The number of nitrogens with two attached hydrogens (primary N) is 1. The van der Waals surface area contributed by atoms with Gasteiger partial charge in [-0.15, -0.1) is 5.10 Å². The molecule has 3 N–H and O–H groups in total. The number of H-pyrrole nitrogens is 1. The van der Waals surface area contributed by atoms with Gasteiger partial charge in [-0.25, -0.2) is 0 Å². The summed E-state index contributed by atoms with van der Waals surface area (Å²) in [4.78, 5) is 12.2. The van der Waals surface area contributed by atoms with Gasteiger partial charge in [0.05, 0.1) is 5.52 Å². The van der Waals surface area contributed by atoms with Crippen molar-refractivity contribution in [3.8, 4) is 0 Å². The number of fused-ring (bicyclic) bond motifs is 1. The van der Waals surface area contributed by atoms with Gasteiger partial charge in [0.25, 0.3) is 5.91 Å². The van der Waals surface area contributed by atoms with Crippen LogP contribution in [0.1, 0.15) is 16.2 Å². The fourth-order valence-corrected chi connectivity index (χ4v) is 1.88. The number of hydrogen-bond donors (Lipinski definition) is 2. The SMILES string of the molecule is Cc1cc(C(=O)n2nc(N)c3ccccc32)n[nH]1. The first-order valence-corrected chi connectivity index (χ1v) is 5.47. The molecule has 3 rings (SSSR count). The highest BCUT2D eigenvalue weighted by Crippen LogP contribution is 2.20. The minimum Gasteiger partial charge on any atom is -0.382 e. The maximum Gasteiger partial charge on any atom is 0.299 e. The zero-order valence-electron chi connectivity index (χ0n) is 9.71. The van der Waals surface area contributed by atoms with Crippen LogP contribution in [0.3, 0.4) is 0 Å². The monoisotopic (exact) mass is 241 g/mol. The number of carbonyl (C=O) groups is 1. The third-order valence-corrected chi connectivity index (χ3v) is 2.73. The normalized spacial score (nSPS) is 10.9. The molecule has 1 aromatic carbocycles. The van der Waals surface area contributed by atoms with E-state index in [2.05, 4.69) is 15.3 Å². The third-order valence-electron chi connectivity index (χ3n) is 2.73. The van der Waals surface area contributed by atoms with E-state index in [-0.39, 0.29) is 5.91 Å². The Balaban J connectivity index is 2.18. The molecule has 6 nitrogen and oxygen atoms in total. The summed E-state index contributed by atoms with van der Waals surface area (Å²) in [6.07, 6.45) is 0. The highest BCUT2D eigenvalue weighted by Gasteiger charge is 2.17. The Labute approximate surface area is 102 Å². The van der Waals surface area contributed by atoms with Gasteiger partial charge in [-0.2, -0.15) is 9.78 Å². The Hall–Kier alpha value is -2.63. The number of benzene rings is 1. The Morgan fingerprint density at radius 2 is 2.17 bits per heavy atom. The highest BCUT2D eigenvalue weighted by atomic mass is 16.2. The highest BCUT2D eigenvalue weighted by molar-refractivity contribution is 6.02. The van der Waals surface area contributed by atoms with Gasteiger partial charge in [-0.3, -0.25) is 9.89 Å². The number of aromatic nitrogens is 4. The Kier molecular flexibility index (Phi) is 2.16. The third kappa shape index (κ3) is 1.46. The first kappa shape index (κ1) is 10.5. The lowest BCUT2D eigenvalue weighted by Gasteiger charge is -1.97. The molecule has 0 spiro atoms. The molecule has 90 valence electrons. The summed E-state index contributed by atoms with van der Waals surface area (Å²) in [6.45, 7) is 1.83. The minimum absolute atomic E-state index is 0.299. The molecule has 18 heavy (non-hydrogen) atoms. The molecule has 6 heteroatoms. The number of rotatable bonds is 1.